The molecule has 0 saturated heterocycles. The average Bonchev–Trinajstić information content (AvgIpc) is 2.80. The second kappa shape index (κ2) is 6.86. The molecule has 0 fully saturated rings. The van der Waals surface area contributed by atoms with Crippen LogP contribution in [0, 0.1) is 13.8 Å². The predicted octanol–water partition coefficient (Wildman–Crippen LogP) is 3.75. The Balaban J connectivity index is 2.06. The number of aromatic nitrogens is 1. The molecule has 0 spiro atoms. The van der Waals surface area contributed by atoms with Crippen molar-refractivity contribution in [3.8, 4) is 5.75 Å². The number of thiazole rings is 1. The van der Waals surface area contributed by atoms with E-state index in [-0.39, 0.29) is 0 Å². The van der Waals surface area contributed by atoms with E-state index in [1.54, 1.807) is 11.3 Å². The van der Waals surface area contributed by atoms with Crippen LogP contribution in [0.15, 0.2) is 18.2 Å². The Morgan fingerprint density at radius 2 is 2.10 bits per heavy atom. The van der Waals surface area contributed by atoms with Gasteiger partial charge in [-0.15, -0.1) is 11.3 Å². The van der Waals surface area contributed by atoms with Crippen LogP contribution in [0.3, 0.4) is 0 Å². The Morgan fingerprint density at radius 3 is 2.75 bits per heavy atom. The van der Waals surface area contributed by atoms with E-state index in [4.69, 9.17) is 10.5 Å². The molecule has 2 rings (SSSR count). The number of nitrogens with two attached hydrogens (primary N) is 1. The van der Waals surface area contributed by atoms with Crippen LogP contribution >= 0.6 is 11.3 Å². The zero-order chi connectivity index (χ0) is 14.5. The zero-order valence-electron chi connectivity index (χ0n) is 12.4. The van der Waals surface area contributed by atoms with E-state index in [0.717, 1.165) is 34.9 Å². The average molecular weight is 290 g/mol. The summed E-state index contributed by atoms with van der Waals surface area (Å²) in [5, 5.41) is 1.01. The van der Waals surface area contributed by atoms with Gasteiger partial charge in [0, 0.05) is 11.4 Å². The minimum Gasteiger partial charge on any atom is -0.486 e. The number of benzene rings is 1. The number of nitrogens with zero attached hydrogens (tertiary/aromatic N) is 1. The molecule has 108 valence electrons. The van der Waals surface area contributed by atoms with E-state index in [0.29, 0.717) is 13.2 Å². The van der Waals surface area contributed by atoms with Gasteiger partial charge in [-0.05, 0) is 31.9 Å². The van der Waals surface area contributed by atoms with Gasteiger partial charge in [0.15, 0.2) is 0 Å². The first-order valence-corrected chi connectivity index (χ1v) is 7.83. The Kier molecular flexibility index (Phi) is 5.15. The van der Waals surface area contributed by atoms with Crippen LogP contribution in [0.5, 0.6) is 5.75 Å². The van der Waals surface area contributed by atoms with Crippen molar-refractivity contribution in [1.82, 2.24) is 4.98 Å². The Hall–Kier alpha value is -1.39. The van der Waals surface area contributed by atoms with E-state index >= 15 is 0 Å². The van der Waals surface area contributed by atoms with Crippen LogP contribution in [0.2, 0.25) is 0 Å². The highest BCUT2D eigenvalue weighted by atomic mass is 32.1. The third-order valence-electron chi connectivity index (χ3n) is 3.18. The van der Waals surface area contributed by atoms with E-state index in [2.05, 4.69) is 37.9 Å². The molecule has 0 bridgehead atoms. The maximum atomic E-state index is 5.88. The lowest BCUT2D eigenvalue weighted by Crippen LogP contribution is -1.98. The van der Waals surface area contributed by atoms with Crippen molar-refractivity contribution in [2.24, 2.45) is 5.73 Å². The molecule has 1 heterocycles. The highest BCUT2D eigenvalue weighted by Gasteiger charge is 2.10. The van der Waals surface area contributed by atoms with E-state index in [9.17, 15) is 0 Å². The van der Waals surface area contributed by atoms with Crippen molar-refractivity contribution in [2.45, 2.75) is 46.8 Å². The van der Waals surface area contributed by atoms with Crippen molar-refractivity contribution in [3.05, 3.63) is 44.9 Å². The molecule has 0 saturated carbocycles. The topological polar surface area (TPSA) is 48.1 Å². The standard InChI is InChI=1S/C16H22N2OS/c1-4-5-13-15(9-17)20-16(18-13)10-19-14-7-6-11(2)8-12(14)3/h6-8H,4-5,9-10,17H2,1-3H3. The summed E-state index contributed by atoms with van der Waals surface area (Å²) in [7, 11) is 0. The van der Waals surface area contributed by atoms with Gasteiger partial charge in [0.2, 0.25) is 0 Å². The third kappa shape index (κ3) is 3.58. The molecule has 1 aromatic heterocycles. The first-order chi connectivity index (χ1) is 9.63. The summed E-state index contributed by atoms with van der Waals surface area (Å²) < 4.78 is 5.88. The van der Waals surface area contributed by atoms with Crippen molar-refractivity contribution in [1.29, 1.82) is 0 Å². The molecule has 0 aliphatic rings. The number of ether oxygens (including phenoxy) is 1. The quantitative estimate of drug-likeness (QED) is 0.881. The lowest BCUT2D eigenvalue weighted by Gasteiger charge is -2.08. The first-order valence-electron chi connectivity index (χ1n) is 7.01. The van der Waals surface area contributed by atoms with Gasteiger partial charge in [0.1, 0.15) is 17.4 Å². The molecule has 0 amide bonds. The fourth-order valence-corrected chi connectivity index (χ4v) is 3.10. The van der Waals surface area contributed by atoms with E-state index < -0.39 is 0 Å². The van der Waals surface area contributed by atoms with Gasteiger partial charge < -0.3 is 10.5 Å². The van der Waals surface area contributed by atoms with Gasteiger partial charge in [-0.3, -0.25) is 0 Å². The predicted molar refractivity (Wildman–Crippen MR) is 84.2 cm³/mol. The smallest absolute Gasteiger partial charge is 0.140 e. The van der Waals surface area contributed by atoms with Crippen LogP contribution in [0.1, 0.15) is 40.1 Å². The Bertz CT molecular complexity index is 578. The minimum atomic E-state index is 0.519. The summed E-state index contributed by atoms with van der Waals surface area (Å²) >= 11 is 1.67. The number of hydrogen-bond acceptors (Lipinski definition) is 4. The number of hydrogen-bond donors (Lipinski definition) is 1. The van der Waals surface area contributed by atoms with E-state index in [1.165, 1.54) is 10.4 Å². The molecule has 0 atom stereocenters. The van der Waals surface area contributed by atoms with Crippen molar-refractivity contribution in [3.63, 3.8) is 0 Å². The molecule has 3 nitrogen and oxygen atoms in total. The van der Waals surface area contributed by atoms with Gasteiger partial charge in [0.05, 0.1) is 5.69 Å². The van der Waals surface area contributed by atoms with Gasteiger partial charge in [-0.25, -0.2) is 4.98 Å². The molecule has 2 N–H and O–H groups in total. The molecule has 0 unspecified atom stereocenters. The minimum absolute atomic E-state index is 0.519. The highest BCUT2D eigenvalue weighted by Crippen LogP contribution is 2.23. The Morgan fingerprint density at radius 1 is 1.30 bits per heavy atom. The maximum absolute atomic E-state index is 5.88. The number of aryl methyl sites for hydroxylation is 3. The number of rotatable bonds is 6. The first kappa shape index (κ1) is 15.0. The normalized spacial score (nSPS) is 10.8. The van der Waals surface area contributed by atoms with Crippen molar-refractivity contribution in [2.75, 3.05) is 0 Å². The van der Waals surface area contributed by atoms with Gasteiger partial charge >= 0.3 is 0 Å². The lowest BCUT2D eigenvalue weighted by atomic mass is 10.1. The molecule has 2 aromatic rings. The fourth-order valence-electron chi connectivity index (χ4n) is 2.19. The van der Waals surface area contributed by atoms with Gasteiger partial charge in [0.25, 0.3) is 0 Å². The van der Waals surface area contributed by atoms with Crippen molar-refractivity contribution < 1.29 is 4.74 Å². The fraction of sp³-hybridized carbons (Fsp3) is 0.438. The summed E-state index contributed by atoms with van der Waals surface area (Å²) in [6.07, 6.45) is 2.08. The molecule has 0 radical (unpaired) electrons. The summed E-state index contributed by atoms with van der Waals surface area (Å²) in [5.74, 6) is 0.928. The van der Waals surface area contributed by atoms with Gasteiger partial charge in [-0.2, -0.15) is 0 Å². The summed E-state index contributed by atoms with van der Waals surface area (Å²) in [6, 6.07) is 6.22. The Labute approximate surface area is 124 Å². The molecular weight excluding hydrogens is 268 g/mol. The maximum Gasteiger partial charge on any atom is 0.140 e. The summed E-state index contributed by atoms with van der Waals surface area (Å²) in [5.41, 5.74) is 9.32. The second-order valence-corrected chi connectivity index (χ2v) is 6.16. The van der Waals surface area contributed by atoms with Crippen LogP contribution in [-0.2, 0) is 19.6 Å². The van der Waals surface area contributed by atoms with Crippen LogP contribution in [-0.4, -0.2) is 4.98 Å². The van der Waals surface area contributed by atoms with Crippen LogP contribution in [0.25, 0.3) is 0 Å². The van der Waals surface area contributed by atoms with E-state index in [1.807, 2.05) is 6.07 Å². The molecule has 1 aromatic carbocycles. The third-order valence-corrected chi connectivity index (χ3v) is 4.27. The molecule has 0 aliphatic heterocycles. The lowest BCUT2D eigenvalue weighted by molar-refractivity contribution is 0.303. The molecule has 20 heavy (non-hydrogen) atoms. The van der Waals surface area contributed by atoms with Crippen LogP contribution < -0.4 is 10.5 Å². The van der Waals surface area contributed by atoms with Crippen molar-refractivity contribution >= 4 is 11.3 Å². The largest absolute Gasteiger partial charge is 0.486 e. The second-order valence-electron chi connectivity index (χ2n) is 4.99. The summed E-state index contributed by atoms with van der Waals surface area (Å²) in [4.78, 5) is 5.83. The SMILES string of the molecule is CCCc1nc(COc2ccc(C)cc2C)sc1CN. The zero-order valence-corrected chi connectivity index (χ0v) is 13.2. The van der Waals surface area contributed by atoms with Gasteiger partial charge in [-0.1, -0.05) is 31.0 Å². The molecular formula is C16H22N2OS. The monoisotopic (exact) mass is 290 g/mol. The molecule has 0 aliphatic carbocycles. The summed E-state index contributed by atoms with van der Waals surface area (Å²) in [6.45, 7) is 7.40. The highest BCUT2D eigenvalue weighted by molar-refractivity contribution is 7.11. The molecule has 4 heteroatoms. The van der Waals surface area contributed by atoms with Crippen LogP contribution in [0.4, 0.5) is 0 Å².